The van der Waals surface area contributed by atoms with E-state index in [1.807, 2.05) is 12.1 Å². The zero-order chi connectivity index (χ0) is 16.4. The van der Waals surface area contributed by atoms with Crippen molar-refractivity contribution in [3.8, 4) is 12.1 Å². The summed E-state index contributed by atoms with van der Waals surface area (Å²) in [5, 5.41) is 28.1. The lowest BCUT2D eigenvalue weighted by Crippen LogP contribution is -2.31. The van der Waals surface area contributed by atoms with Crippen LogP contribution in [0.3, 0.4) is 0 Å². The van der Waals surface area contributed by atoms with Crippen molar-refractivity contribution in [2.24, 2.45) is 0 Å². The minimum atomic E-state index is -0.521. The number of para-hydroxylation sites is 1. The molecule has 1 rings (SSSR count). The molecule has 0 saturated heterocycles. The predicted octanol–water partition coefficient (Wildman–Crippen LogP) is 2.26. The van der Waals surface area contributed by atoms with E-state index in [4.69, 9.17) is 10.5 Å². The normalized spacial score (nSPS) is 9.91. The van der Waals surface area contributed by atoms with E-state index in [-0.39, 0.29) is 37.5 Å². The van der Waals surface area contributed by atoms with Crippen LogP contribution in [-0.2, 0) is 4.79 Å². The van der Waals surface area contributed by atoms with Gasteiger partial charge in [0.1, 0.15) is 0 Å². The van der Waals surface area contributed by atoms with E-state index in [0.717, 1.165) is 0 Å². The third kappa shape index (κ3) is 5.06. The summed E-state index contributed by atoms with van der Waals surface area (Å²) in [6.07, 6.45) is 2.91. The van der Waals surface area contributed by atoms with Crippen molar-refractivity contribution in [1.29, 1.82) is 10.5 Å². The van der Waals surface area contributed by atoms with Gasteiger partial charge in [-0.05, 0) is 12.1 Å². The zero-order valence-corrected chi connectivity index (χ0v) is 11.8. The largest absolute Gasteiger partial charge is 0.337 e. The minimum Gasteiger partial charge on any atom is -0.337 e. The molecule has 0 aliphatic carbocycles. The Labute approximate surface area is 127 Å². The number of amides is 1. The summed E-state index contributed by atoms with van der Waals surface area (Å²) in [5.74, 6) is -0.386. The van der Waals surface area contributed by atoms with Crippen molar-refractivity contribution in [3.05, 3.63) is 46.0 Å². The molecule has 7 heteroatoms. The number of carbonyl (C=O) groups is 1. The number of nitrogens with zero attached hydrogens (tertiary/aromatic N) is 4. The number of nitro benzene ring substituents is 1. The molecule has 0 spiro atoms. The van der Waals surface area contributed by atoms with E-state index in [1.165, 1.54) is 29.2 Å². The van der Waals surface area contributed by atoms with E-state index in [0.29, 0.717) is 5.56 Å². The lowest BCUT2D eigenvalue weighted by atomic mass is 10.1. The molecule has 0 N–H and O–H groups in total. The maximum atomic E-state index is 12.1. The average Bonchev–Trinajstić information content (AvgIpc) is 2.53. The monoisotopic (exact) mass is 298 g/mol. The Morgan fingerprint density at radius 2 is 1.82 bits per heavy atom. The van der Waals surface area contributed by atoms with Gasteiger partial charge in [0.25, 0.3) is 5.69 Å². The fraction of sp³-hybridized carbons (Fsp3) is 0.267. The Morgan fingerprint density at radius 3 is 2.36 bits per heavy atom. The summed E-state index contributed by atoms with van der Waals surface area (Å²) in [6.45, 7) is 0.441. The second-order valence-corrected chi connectivity index (χ2v) is 4.29. The van der Waals surface area contributed by atoms with Crippen LogP contribution >= 0.6 is 0 Å². The fourth-order valence-corrected chi connectivity index (χ4v) is 1.76. The van der Waals surface area contributed by atoms with E-state index in [2.05, 4.69) is 0 Å². The third-order valence-corrected chi connectivity index (χ3v) is 2.84. The Bertz CT molecular complexity index is 637. The molecule has 1 aromatic carbocycles. The molecule has 0 heterocycles. The number of hydrogen-bond donors (Lipinski definition) is 0. The van der Waals surface area contributed by atoms with E-state index in [1.54, 1.807) is 12.1 Å². The quantitative estimate of drug-likeness (QED) is 0.435. The highest BCUT2D eigenvalue weighted by Gasteiger charge is 2.12. The first-order valence-corrected chi connectivity index (χ1v) is 6.54. The van der Waals surface area contributed by atoms with Crippen molar-refractivity contribution in [1.82, 2.24) is 4.90 Å². The van der Waals surface area contributed by atoms with Gasteiger partial charge in [-0.2, -0.15) is 10.5 Å². The number of rotatable bonds is 7. The van der Waals surface area contributed by atoms with Crippen LogP contribution in [-0.4, -0.2) is 28.8 Å². The van der Waals surface area contributed by atoms with Crippen molar-refractivity contribution < 1.29 is 9.72 Å². The Hall–Kier alpha value is -3.19. The predicted molar refractivity (Wildman–Crippen MR) is 79.2 cm³/mol. The minimum absolute atomic E-state index is 0.0906. The Kier molecular flexibility index (Phi) is 6.80. The highest BCUT2D eigenvalue weighted by molar-refractivity contribution is 5.92. The Morgan fingerprint density at radius 1 is 1.23 bits per heavy atom. The summed E-state index contributed by atoms with van der Waals surface area (Å²) < 4.78 is 0. The summed E-state index contributed by atoms with van der Waals surface area (Å²) >= 11 is 0. The van der Waals surface area contributed by atoms with Crippen LogP contribution in [0.1, 0.15) is 18.4 Å². The van der Waals surface area contributed by atoms with Crippen LogP contribution in [0, 0.1) is 32.8 Å². The third-order valence-electron chi connectivity index (χ3n) is 2.84. The van der Waals surface area contributed by atoms with Crippen molar-refractivity contribution in [2.45, 2.75) is 12.8 Å². The molecule has 0 fully saturated rings. The van der Waals surface area contributed by atoms with Crippen LogP contribution in [0.4, 0.5) is 5.69 Å². The van der Waals surface area contributed by atoms with Gasteiger partial charge in [0.05, 0.1) is 35.5 Å². The molecule has 0 aliphatic heterocycles. The van der Waals surface area contributed by atoms with Gasteiger partial charge in [0, 0.05) is 25.2 Å². The average molecular weight is 298 g/mol. The summed E-state index contributed by atoms with van der Waals surface area (Å²) in [7, 11) is 0. The smallest absolute Gasteiger partial charge is 0.276 e. The van der Waals surface area contributed by atoms with Crippen molar-refractivity contribution >= 4 is 17.7 Å². The molecule has 0 atom stereocenters. The first-order valence-electron chi connectivity index (χ1n) is 6.54. The second kappa shape index (κ2) is 8.88. The molecule has 22 heavy (non-hydrogen) atoms. The SMILES string of the molecule is N#CCCN(CCC#N)C(=O)C=Cc1ccccc1[N+](=O)[O-]. The molecule has 1 aromatic rings. The molecule has 0 aromatic heterocycles. The molecular formula is C15H14N4O3. The van der Waals surface area contributed by atoms with Gasteiger partial charge >= 0.3 is 0 Å². The molecule has 0 unspecified atom stereocenters. The number of hydrogen-bond acceptors (Lipinski definition) is 5. The van der Waals surface area contributed by atoms with Gasteiger partial charge in [-0.3, -0.25) is 14.9 Å². The molecule has 7 nitrogen and oxygen atoms in total. The topological polar surface area (TPSA) is 111 Å². The maximum absolute atomic E-state index is 12.1. The van der Waals surface area contributed by atoms with Crippen LogP contribution in [0.2, 0.25) is 0 Å². The number of benzene rings is 1. The number of carbonyl (C=O) groups excluding carboxylic acids is 1. The van der Waals surface area contributed by atoms with Crippen LogP contribution in [0.5, 0.6) is 0 Å². The lowest BCUT2D eigenvalue weighted by Gasteiger charge is -2.18. The van der Waals surface area contributed by atoms with Crippen molar-refractivity contribution in [2.75, 3.05) is 13.1 Å². The van der Waals surface area contributed by atoms with E-state index < -0.39 is 4.92 Å². The van der Waals surface area contributed by atoms with Crippen LogP contribution in [0.25, 0.3) is 6.08 Å². The van der Waals surface area contributed by atoms with Crippen molar-refractivity contribution in [3.63, 3.8) is 0 Å². The van der Waals surface area contributed by atoms with Gasteiger partial charge in [0.2, 0.25) is 5.91 Å². The highest BCUT2D eigenvalue weighted by atomic mass is 16.6. The van der Waals surface area contributed by atoms with Gasteiger partial charge < -0.3 is 4.90 Å². The molecule has 0 radical (unpaired) electrons. The fourth-order valence-electron chi connectivity index (χ4n) is 1.76. The first-order chi connectivity index (χ1) is 10.6. The summed E-state index contributed by atoms with van der Waals surface area (Å²) in [4.78, 5) is 23.8. The van der Waals surface area contributed by atoms with E-state index in [9.17, 15) is 14.9 Å². The Balaban J connectivity index is 2.86. The van der Waals surface area contributed by atoms with Gasteiger partial charge in [-0.25, -0.2) is 0 Å². The van der Waals surface area contributed by atoms with Crippen LogP contribution < -0.4 is 0 Å². The maximum Gasteiger partial charge on any atom is 0.276 e. The van der Waals surface area contributed by atoms with Gasteiger partial charge in [-0.15, -0.1) is 0 Å². The second-order valence-electron chi connectivity index (χ2n) is 4.29. The standard InChI is InChI=1S/C15H14N4O3/c16-9-3-11-18(12-4-10-17)15(20)8-7-13-5-1-2-6-14(13)19(21)22/h1-2,5-8H,3-4,11-12H2. The van der Waals surface area contributed by atoms with Gasteiger partial charge in [-0.1, -0.05) is 12.1 Å². The molecule has 112 valence electrons. The summed E-state index contributed by atoms with van der Waals surface area (Å²) in [5.41, 5.74) is 0.230. The van der Waals surface area contributed by atoms with Gasteiger partial charge in [0.15, 0.2) is 0 Å². The molecular weight excluding hydrogens is 284 g/mol. The molecule has 0 aliphatic rings. The molecule has 0 bridgehead atoms. The highest BCUT2D eigenvalue weighted by Crippen LogP contribution is 2.19. The molecule has 1 amide bonds. The van der Waals surface area contributed by atoms with E-state index >= 15 is 0 Å². The lowest BCUT2D eigenvalue weighted by molar-refractivity contribution is -0.385. The van der Waals surface area contributed by atoms with Crippen LogP contribution in [0.15, 0.2) is 30.3 Å². The zero-order valence-electron chi connectivity index (χ0n) is 11.8. The number of nitro groups is 1. The summed E-state index contributed by atoms with van der Waals surface area (Å²) in [6, 6.07) is 9.95. The first kappa shape index (κ1) is 16.9. The number of nitriles is 2. The molecule has 0 saturated carbocycles.